The number of amides is 2. The average Bonchev–Trinajstić information content (AvgIpc) is 3.09. The summed E-state index contributed by atoms with van der Waals surface area (Å²) in [5.41, 5.74) is 1.33. The molecule has 26 heavy (non-hydrogen) atoms. The molecule has 0 spiro atoms. The summed E-state index contributed by atoms with van der Waals surface area (Å²) >= 11 is 1.23. The van der Waals surface area contributed by atoms with Gasteiger partial charge < -0.3 is 10.1 Å². The van der Waals surface area contributed by atoms with Crippen molar-refractivity contribution in [1.29, 1.82) is 0 Å². The fraction of sp³-hybridized carbons (Fsp3) is 0.118. The Morgan fingerprint density at radius 2 is 2.04 bits per heavy atom. The molecule has 0 aliphatic rings. The number of hydrogen-bond donors (Lipinski definition) is 2. The van der Waals surface area contributed by atoms with E-state index in [0.29, 0.717) is 22.3 Å². The number of benzene rings is 1. The minimum Gasteiger partial charge on any atom is -0.495 e. The Balaban J connectivity index is 1.59. The van der Waals surface area contributed by atoms with Crippen molar-refractivity contribution in [1.82, 2.24) is 15.0 Å². The lowest BCUT2D eigenvalue weighted by Crippen LogP contribution is -2.16. The molecule has 3 aromatic rings. The molecule has 0 atom stereocenters. The summed E-state index contributed by atoms with van der Waals surface area (Å²) in [5, 5.41) is 7.52. The molecule has 0 saturated heterocycles. The molecule has 132 valence electrons. The summed E-state index contributed by atoms with van der Waals surface area (Å²) in [5.74, 6) is -0.0554. The third-order valence-corrected chi connectivity index (χ3v) is 4.10. The second kappa shape index (κ2) is 8.17. The second-order valence-corrected chi connectivity index (χ2v) is 5.97. The Bertz CT molecular complexity index is 914. The lowest BCUT2D eigenvalue weighted by molar-refractivity contribution is -0.115. The van der Waals surface area contributed by atoms with E-state index < -0.39 is 5.91 Å². The van der Waals surface area contributed by atoms with Crippen LogP contribution in [0, 0.1) is 0 Å². The van der Waals surface area contributed by atoms with Crippen molar-refractivity contribution in [3.8, 4) is 5.75 Å². The Morgan fingerprint density at radius 1 is 1.19 bits per heavy atom. The molecule has 0 bridgehead atoms. The molecular formula is C17H15N5O3S. The minimum atomic E-state index is -0.405. The number of anilines is 2. The van der Waals surface area contributed by atoms with Gasteiger partial charge in [0, 0.05) is 17.8 Å². The third-order valence-electron chi connectivity index (χ3n) is 3.29. The zero-order chi connectivity index (χ0) is 18.4. The van der Waals surface area contributed by atoms with Crippen molar-refractivity contribution >= 4 is 34.0 Å². The zero-order valence-corrected chi connectivity index (χ0v) is 14.6. The van der Waals surface area contributed by atoms with Crippen molar-refractivity contribution in [3.63, 3.8) is 0 Å². The molecule has 8 nitrogen and oxygen atoms in total. The van der Waals surface area contributed by atoms with Crippen LogP contribution in [0.1, 0.15) is 16.2 Å². The van der Waals surface area contributed by atoms with Crippen LogP contribution >= 0.6 is 11.3 Å². The molecule has 0 aliphatic carbocycles. The molecule has 0 aliphatic heterocycles. The summed E-state index contributed by atoms with van der Waals surface area (Å²) in [6, 6.07) is 7.14. The SMILES string of the molecule is COc1ccccc1NC(=O)Cc1csc(NC(=O)c2cnccn2)n1. The lowest BCUT2D eigenvalue weighted by Gasteiger charge is -2.08. The zero-order valence-electron chi connectivity index (χ0n) is 13.8. The predicted octanol–water partition coefficient (Wildman–Crippen LogP) is 2.38. The number of ether oxygens (including phenoxy) is 1. The Labute approximate surface area is 153 Å². The van der Waals surface area contributed by atoms with Crippen LogP contribution in [0.4, 0.5) is 10.8 Å². The minimum absolute atomic E-state index is 0.0789. The van der Waals surface area contributed by atoms with Crippen molar-refractivity contribution in [2.24, 2.45) is 0 Å². The van der Waals surface area contributed by atoms with Gasteiger partial charge in [-0.3, -0.25) is 19.9 Å². The molecule has 3 rings (SSSR count). The van der Waals surface area contributed by atoms with Gasteiger partial charge in [-0.2, -0.15) is 0 Å². The van der Waals surface area contributed by atoms with Crippen LogP contribution in [0.3, 0.4) is 0 Å². The highest BCUT2D eigenvalue weighted by Gasteiger charge is 2.13. The maximum absolute atomic E-state index is 12.2. The van der Waals surface area contributed by atoms with E-state index in [1.54, 1.807) is 23.6 Å². The van der Waals surface area contributed by atoms with Crippen LogP contribution in [0.15, 0.2) is 48.2 Å². The summed E-state index contributed by atoms with van der Waals surface area (Å²) in [6.45, 7) is 0. The quantitative estimate of drug-likeness (QED) is 0.691. The molecule has 2 N–H and O–H groups in total. The van der Waals surface area contributed by atoms with Gasteiger partial charge in [-0.05, 0) is 12.1 Å². The number of methoxy groups -OCH3 is 1. The van der Waals surface area contributed by atoms with E-state index in [2.05, 4.69) is 25.6 Å². The van der Waals surface area contributed by atoms with Crippen LogP contribution in [0.25, 0.3) is 0 Å². The van der Waals surface area contributed by atoms with Gasteiger partial charge in [0.25, 0.3) is 5.91 Å². The first-order valence-corrected chi connectivity index (χ1v) is 8.48. The number of rotatable bonds is 6. The number of aromatic nitrogens is 3. The van der Waals surface area contributed by atoms with Gasteiger partial charge in [0.15, 0.2) is 5.13 Å². The van der Waals surface area contributed by atoms with Crippen LogP contribution in [-0.4, -0.2) is 33.9 Å². The molecule has 2 aromatic heterocycles. The summed E-state index contributed by atoms with van der Waals surface area (Å²) < 4.78 is 5.20. The highest BCUT2D eigenvalue weighted by molar-refractivity contribution is 7.14. The number of nitrogens with one attached hydrogen (secondary N) is 2. The fourth-order valence-corrected chi connectivity index (χ4v) is 2.84. The smallest absolute Gasteiger partial charge is 0.277 e. The number of para-hydroxylation sites is 2. The van der Waals surface area contributed by atoms with E-state index in [4.69, 9.17) is 4.74 Å². The first-order chi connectivity index (χ1) is 12.7. The number of carbonyl (C=O) groups excluding carboxylic acids is 2. The maximum Gasteiger partial charge on any atom is 0.277 e. The second-order valence-electron chi connectivity index (χ2n) is 5.11. The fourth-order valence-electron chi connectivity index (χ4n) is 2.13. The average molecular weight is 369 g/mol. The van der Waals surface area contributed by atoms with E-state index in [0.717, 1.165) is 0 Å². The Morgan fingerprint density at radius 3 is 2.81 bits per heavy atom. The molecular weight excluding hydrogens is 354 g/mol. The predicted molar refractivity (Wildman–Crippen MR) is 97.4 cm³/mol. The first-order valence-electron chi connectivity index (χ1n) is 7.60. The molecule has 0 radical (unpaired) electrons. The van der Waals surface area contributed by atoms with Crippen molar-refractivity contribution in [2.75, 3.05) is 17.7 Å². The van der Waals surface area contributed by atoms with Gasteiger partial charge in [-0.25, -0.2) is 9.97 Å². The van der Waals surface area contributed by atoms with Crippen molar-refractivity contribution < 1.29 is 14.3 Å². The highest BCUT2D eigenvalue weighted by atomic mass is 32.1. The monoisotopic (exact) mass is 369 g/mol. The molecule has 2 amide bonds. The van der Waals surface area contributed by atoms with Gasteiger partial charge in [0.05, 0.1) is 31.1 Å². The number of nitrogens with zero attached hydrogens (tertiary/aromatic N) is 3. The van der Waals surface area contributed by atoms with Crippen molar-refractivity contribution in [2.45, 2.75) is 6.42 Å². The first kappa shape index (κ1) is 17.5. The van der Waals surface area contributed by atoms with Crippen LogP contribution in [0.5, 0.6) is 5.75 Å². The number of thiazole rings is 1. The van der Waals surface area contributed by atoms with Gasteiger partial charge >= 0.3 is 0 Å². The van der Waals surface area contributed by atoms with E-state index >= 15 is 0 Å². The summed E-state index contributed by atoms with van der Waals surface area (Å²) in [6.07, 6.45) is 4.36. The Hall–Kier alpha value is -3.33. The Kier molecular flexibility index (Phi) is 5.49. The highest BCUT2D eigenvalue weighted by Crippen LogP contribution is 2.23. The van der Waals surface area contributed by atoms with Crippen molar-refractivity contribution in [3.05, 3.63) is 59.6 Å². The molecule has 1 aromatic carbocycles. The van der Waals surface area contributed by atoms with Gasteiger partial charge in [-0.15, -0.1) is 11.3 Å². The van der Waals surface area contributed by atoms with E-state index in [9.17, 15) is 9.59 Å². The van der Waals surface area contributed by atoms with Crippen LogP contribution in [0.2, 0.25) is 0 Å². The third kappa shape index (κ3) is 4.39. The van der Waals surface area contributed by atoms with Gasteiger partial charge in [0.1, 0.15) is 11.4 Å². The lowest BCUT2D eigenvalue weighted by atomic mass is 10.2. The molecule has 0 unspecified atom stereocenters. The van der Waals surface area contributed by atoms with Crippen LogP contribution in [-0.2, 0) is 11.2 Å². The largest absolute Gasteiger partial charge is 0.495 e. The van der Waals surface area contributed by atoms with Gasteiger partial charge in [0.2, 0.25) is 5.91 Å². The summed E-state index contributed by atoms with van der Waals surface area (Å²) in [4.78, 5) is 36.2. The topological polar surface area (TPSA) is 106 Å². The normalized spacial score (nSPS) is 10.2. The van der Waals surface area contributed by atoms with E-state index in [1.165, 1.54) is 37.0 Å². The van der Waals surface area contributed by atoms with E-state index in [1.807, 2.05) is 6.07 Å². The molecule has 2 heterocycles. The molecule has 0 fully saturated rings. The van der Waals surface area contributed by atoms with E-state index in [-0.39, 0.29) is 18.0 Å². The number of hydrogen-bond acceptors (Lipinski definition) is 7. The standard InChI is InChI=1S/C17H15N5O3S/c1-25-14-5-3-2-4-12(14)21-15(23)8-11-10-26-17(20-11)22-16(24)13-9-18-6-7-19-13/h2-7,9-10H,8H2,1H3,(H,21,23)(H,20,22,24). The molecule has 9 heteroatoms. The summed E-state index contributed by atoms with van der Waals surface area (Å²) in [7, 11) is 1.54. The number of carbonyl (C=O) groups is 2. The molecule has 0 saturated carbocycles. The van der Waals surface area contributed by atoms with Crippen LogP contribution < -0.4 is 15.4 Å². The van der Waals surface area contributed by atoms with Gasteiger partial charge in [-0.1, -0.05) is 12.1 Å². The maximum atomic E-state index is 12.2.